The van der Waals surface area contributed by atoms with Gasteiger partial charge in [0.15, 0.2) is 0 Å². The van der Waals surface area contributed by atoms with Gasteiger partial charge in [-0.3, -0.25) is 4.79 Å². The van der Waals surface area contributed by atoms with Crippen LogP contribution in [-0.4, -0.2) is 43.5 Å². The van der Waals surface area contributed by atoms with E-state index in [4.69, 9.17) is 16.3 Å². The third-order valence-electron chi connectivity index (χ3n) is 1.95. The van der Waals surface area contributed by atoms with E-state index in [9.17, 15) is 4.79 Å². The number of nitrogens with zero attached hydrogens (tertiary/aromatic N) is 1. The van der Waals surface area contributed by atoms with Crippen molar-refractivity contribution in [2.45, 2.75) is 5.38 Å². The largest absolute Gasteiger partial charge is 0.383 e. The second-order valence-electron chi connectivity index (χ2n) is 3.34. The predicted octanol–water partition coefficient (Wildman–Crippen LogP) is 2.84. The molecular weight excluding hydrogens is 314 g/mol. The number of rotatable bonds is 5. The van der Waals surface area contributed by atoms with Crippen LogP contribution in [0.15, 0.2) is 15.9 Å². The molecule has 1 unspecified atom stereocenters. The Morgan fingerprint density at radius 1 is 1.69 bits per heavy atom. The molecule has 1 amide bonds. The van der Waals surface area contributed by atoms with Gasteiger partial charge >= 0.3 is 0 Å². The van der Waals surface area contributed by atoms with Crippen molar-refractivity contribution in [3.63, 3.8) is 0 Å². The molecule has 1 heterocycles. The molecule has 6 heteroatoms. The van der Waals surface area contributed by atoms with E-state index in [1.807, 2.05) is 6.07 Å². The van der Waals surface area contributed by atoms with Crippen LogP contribution in [0, 0.1) is 0 Å². The highest BCUT2D eigenvalue weighted by Crippen LogP contribution is 2.23. The van der Waals surface area contributed by atoms with Crippen molar-refractivity contribution in [2.24, 2.45) is 0 Å². The lowest BCUT2D eigenvalue weighted by atomic mass is 10.3. The summed E-state index contributed by atoms with van der Waals surface area (Å²) in [6, 6.07) is 3.66. The van der Waals surface area contributed by atoms with Crippen LogP contribution >= 0.6 is 38.9 Å². The van der Waals surface area contributed by atoms with E-state index in [1.165, 1.54) is 11.3 Å². The fraction of sp³-hybridized carbons (Fsp3) is 0.500. The molecule has 1 rings (SSSR count). The molecule has 1 aromatic rings. The van der Waals surface area contributed by atoms with E-state index < -0.39 is 0 Å². The van der Waals surface area contributed by atoms with E-state index >= 15 is 0 Å². The zero-order valence-corrected chi connectivity index (χ0v) is 12.2. The molecule has 0 N–H and O–H groups in total. The van der Waals surface area contributed by atoms with E-state index in [0.717, 1.165) is 3.79 Å². The summed E-state index contributed by atoms with van der Waals surface area (Å²) in [7, 11) is 3.33. The highest BCUT2D eigenvalue weighted by Gasteiger charge is 2.16. The van der Waals surface area contributed by atoms with Crippen molar-refractivity contribution < 1.29 is 9.53 Å². The van der Waals surface area contributed by atoms with Gasteiger partial charge in [0.25, 0.3) is 5.91 Å². The number of amides is 1. The van der Waals surface area contributed by atoms with Crippen molar-refractivity contribution in [1.29, 1.82) is 0 Å². The van der Waals surface area contributed by atoms with Crippen LogP contribution in [0.1, 0.15) is 9.67 Å². The summed E-state index contributed by atoms with van der Waals surface area (Å²) in [6.45, 7) is 0.914. The summed E-state index contributed by atoms with van der Waals surface area (Å²) in [5.74, 6) is -0.0162. The van der Waals surface area contributed by atoms with Gasteiger partial charge in [-0.05, 0) is 28.1 Å². The van der Waals surface area contributed by atoms with Crippen molar-refractivity contribution in [3.8, 4) is 0 Å². The average Bonchev–Trinajstić information content (AvgIpc) is 2.64. The van der Waals surface area contributed by atoms with Crippen LogP contribution in [0.25, 0.3) is 0 Å². The first kappa shape index (κ1) is 14.0. The Bertz CT molecular complexity index is 358. The van der Waals surface area contributed by atoms with Gasteiger partial charge < -0.3 is 9.64 Å². The van der Waals surface area contributed by atoms with Gasteiger partial charge in [0.2, 0.25) is 0 Å². The molecule has 0 aliphatic rings. The van der Waals surface area contributed by atoms with E-state index in [1.54, 1.807) is 25.1 Å². The summed E-state index contributed by atoms with van der Waals surface area (Å²) in [6.07, 6.45) is 0. The number of carbonyl (C=O) groups excluding carboxylic acids is 1. The second kappa shape index (κ2) is 6.59. The topological polar surface area (TPSA) is 29.5 Å². The van der Waals surface area contributed by atoms with Crippen LogP contribution in [0.4, 0.5) is 0 Å². The Morgan fingerprint density at radius 3 is 2.88 bits per heavy atom. The van der Waals surface area contributed by atoms with Gasteiger partial charge in [0, 0.05) is 20.7 Å². The Morgan fingerprint density at radius 2 is 2.38 bits per heavy atom. The van der Waals surface area contributed by atoms with Crippen molar-refractivity contribution in [2.75, 3.05) is 27.3 Å². The molecule has 3 nitrogen and oxygen atoms in total. The molecule has 0 fully saturated rings. The Hall–Kier alpha value is -0.100. The molecule has 1 aromatic heterocycles. The molecule has 0 radical (unpaired) electrons. The molecule has 0 aromatic carbocycles. The van der Waals surface area contributed by atoms with Crippen LogP contribution in [0.5, 0.6) is 0 Å². The highest BCUT2D eigenvalue weighted by atomic mass is 79.9. The third-order valence-corrected chi connectivity index (χ3v) is 3.83. The summed E-state index contributed by atoms with van der Waals surface area (Å²) in [5.41, 5.74) is 0. The standard InChI is InChI=1S/C10H13BrClNO2S/c1-13(5-7(12)6-15-2)10(14)8-3-4-9(11)16-8/h3-4,7H,5-6H2,1-2H3. The number of hydrogen-bond donors (Lipinski definition) is 0. The number of hydrogen-bond acceptors (Lipinski definition) is 3. The number of carbonyl (C=O) groups is 1. The van der Waals surface area contributed by atoms with Gasteiger partial charge in [0.1, 0.15) is 0 Å². The van der Waals surface area contributed by atoms with Crippen molar-refractivity contribution >= 4 is 44.8 Å². The lowest BCUT2D eigenvalue weighted by Crippen LogP contribution is -2.33. The molecule has 90 valence electrons. The van der Waals surface area contributed by atoms with Crippen LogP contribution in [0.3, 0.4) is 0 Å². The fourth-order valence-corrected chi connectivity index (χ4v) is 2.94. The zero-order chi connectivity index (χ0) is 12.1. The molecular formula is C10H13BrClNO2S. The SMILES string of the molecule is COCC(Cl)CN(C)C(=O)c1ccc(Br)s1. The minimum absolute atomic E-state index is 0.0162. The Balaban J connectivity index is 2.54. The van der Waals surface area contributed by atoms with E-state index in [-0.39, 0.29) is 11.3 Å². The van der Waals surface area contributed by atoms with Gasteiger partial charge in [-0.25, -0.2) is 0 Å². The van der Waals surface area contributed by atoms with Crippen LogP contribution < -0.4 is 0 Å². The van der Waals surface area contributed by atoms with Crippen molar-refractivity contribution in [1.82, 2.24) is 4.90 Å². The van der Waals surface area contributed by atoms with Gasteiger partial charge in [-0.15, -0.1) is 22.9 Å². The van der Waals surface area contributed by atoms with Crippen LogP contribution in [0.2, 0.25) is 0 Å². The Labute approximate surface area is 112 Å². The number of alkyl halides is 1. The smallest absolute Gasteiger partial charge is 0.263 e. The minimum Gasteiger partial charge on any atom is -0.383 e. The quantitative estimate of drug-likeness (QED) is 0.779. The molecule has 0 spiro atoms. The molecule has 1 atom stereocenters. The predicted molar refractivity (Wildman–Crippen MR) is 70.5 cm³/mol. The second-order valence-corrected chi connectivity index (χ2v) is 6.42. The maximum atomic E-state index is 11.9. The summed E-state index contributed by atoms with van der Waals surface area (Å²) in [5, 5.41) is -0.178. The van der Waals surface area contributed by atoms with Gasteiger partial charge in [-0.1, -0.05) is 0 Å². The number of thiophene rings is 1. The van der Waals surface area contributed by atoms with Gasteiger partial charge in [0.05, 0.1) is 20.6 Å². The van der Waals surface area contributed by atoms with Crippen LogP contribution in [-0.2, 0) is 4.74 Å². The normalized spacial score (nSPS) is 12.5. The molecule has 0 aliphatic heterocycles. The summed E-state index contributed by atoms with van der Waals surface area (Å²) < 4.78 is 5.87. The lowest BCUT2D eigenvalue weighted by molar-refractivity contribution is 0.0786. The Kier molecular flexibility index (Phi) is 5.75. The molecule has 0 bridgehead atoms. The average molecular weight is 327 g/mol. The number of ether oxygens (including phenoxy) is 1. The molecule has 16 heavy (non-hydrogen) atoms. The highest BCUT2D eigenvalue weighted by molar-refractivity contribution is 9.11. The molecule has 0 saturated carbocycles. The third kappa shape index (κ3) is 4.05. The zero-order valence-electron chi connectivity index (χ0n) is 9.07. The summed E-state index contributed by atoms with van der Waals surface area (Å²) >= 11 is 10.7. The number of halogens is 2. The van der Waals surface area contributed by atoms with Gasteiger partial charge in [-0.2, -0.15) is 0 Å². The summed E-state index contributed by atoms with van der Waals surface area (Å²) in [4.78, 5) is 14.2. The molecule has 0 aliphatic carbocycles. The maximum Gasteiger partial charge on any atom is 0.263 e. The molecule has 0 saturated heterocycles. The fourth-order valence-electron chi connectivity index (χ4n) is 1.23. The first-order valence-corrected chi connectivity index (χ1v) is 6.73. The van der Waals surface area contributed by atoms with Crippen molar-refractivity contribution in [3.05, 3.63) is 20.8 Å². The monoisotopic (exact) mass is 325 g/mol. The number of methoxy groups -OCH3 is 1. The van der Waals surface area contributed by atoms with E-state index in [0.29, 0.717) is 18.0 Å². The lowest BCUT2D eigenvalue weighted by Gasteiger charge is -2.19. The first-order chi connectivity index (χ1) is 7.54. The maximum absolute atomic E-state index is 11.9. The van der Waals surface area contributed by atoms with E-state index in [2.05, 4.69) is 15.9 Å². The minimum atomic E-state index is -0.178. The first-order valence-electron chi connectivity index (χ1n) is 4.68.